The summed E-state index contributed by atoms with van der Waals surface area (Å²) < 4.78 is 38.8. The highest BCUT2D eigenvalue weighted by Crippen LogP contribution is 2.38. The Hall–Kier alpha value is -3.63. The van der Waals surface area contributed by atoms with Crippen LogP contribution in [0.1, 0.15) is 22.8 Å². The fraction of sp³-hybridized carbons (Fsp3) is 0.609. The third kappa shape index (κ3) is 19.1. The molecule has 14 nitrogen and oxygen atoms in total. The number of non-ortho nitro benzene ring substituents is 1. The summed E-state index contributed by atoms with van der Waals surface area (Å²) in [5, 5.41) is 20.7. The second-order valence-electron chi connectivity index (χ2n) is 21.4. The minimum atomic E-state index is -1.20. The summed E-state index contributed by atoms with van der Waals surface area (Å²) in [5.41, 5.74) is 14.1. The van der Waals surface area contributed by atoms with Crippen molar-refractivity contribution in [3.8, 4) is 33.8 Å². The van der Waals surface area contributed by atoms with Gasteiger partial charge in [-0.15, -0.1) is 0 Å². The number of hydrogen-bond donors (Lipinski definition) is 1. The first-order chi connectivity index (χ1) is 29.7. The van der Waals surface area contributed by atoms with Crippen LogP contribution in [0.2, 0.25) is 103 Å². The molecule has 358 valence electrons. The number of nitro benzene ring substituents is 1. The average Bonchev–Trinajstić information content (AvgIpc) is 3.61. The van der Waals surface area contributed by atoms with E-state index in [1.165, 1.54) is 12.1 Å². The lowest BCUT2D eigenvalue weighted by molar-refractivity contribution is -0.384. The molecule has 2 aromatic heterocycles. The van der Waals surface area contributed by atoms with Crippen molar-refractivity contribution in [1.29, 1.82) is 0 Å². The molecule has 2 N–H and O–H groups in total. The number of benzene rings is 2. The summed E-state index contributed by atoms with van der Waals surface area (Å²) in [6, 6.07) is 14.8. The number of aromatic nitrogens is 4. The molecular weight excluding hydrogens is 877 g/mol. The molecule has 0 radical (unpaired) electrons. The van der Waals surface area contributed by atoms with Gasteiger partial charge in [0.1, 0.15) is 25.0 Å². The van der Waals surface area contributed by atoms with Crippen LogP contribution in [0.3, 0.4) is 0 Å². The summed E-state index contributed by atoms with van der Waals surface area (Å²) in [6.07, 6.45) is 0. The molecular formula is C46H80N6O8Si4. The molecule has 4 aromatic rings. The molecule has 0 aliphatic rings. The first kappa shape index (κ1) is 54.7. The van der Waals surface area contributed by atoms with Crippen LogP contribution in [0.4, 0.5) is 11.4 Å². The van der Waals surface area contributed by atoms with Gasteiger partial charge in [-0.25, -0.2) is 9.36 Å². The van der Waals surface area contributed by atoms with Gasteiger partial charge in [0.05, 0.1) is 22.4 Å². The zero-order valence-electron chi connectivity index (χ0n) is 42.0. The Morgan fingerprint density at radius 3 is 1.30 bits per heavy atom. The Morgan fingerprint density at radius 2 is 0.922 bits per heavy atom. The van der Waals surface area contributed by atoms with Crippen molar-refractivity contribution in [2.24, 2.45) is 0 Å². The van der Waals surface area contributed by atoms with Crippen molar-refractivity contribution in [2.75, 3.05) is 45.7 Å². The third-order valence-electron chi connectivity index (χ3n) is 10.5. The Balaban J connectivity index is 0.000000341. The molecule has 0 aliphatic heterocycles. The van der Waals surface area contributed by atoms with Gasteiger partial charge in [0, 0.05) is 110 Å². The van der Waals surface area contributed by atoms with E-state index in [0.29, 0.717) is 38.1 Å². The Kier molecular flexibility index (Phi) is 20.7. The summed E-state index contributed by atoms with van der Waals surface area (Å²) in [6.45, 7) is 39.8. The van der Waals surface area contributed by atoms with E-state index >= 15 is 0 Å². The quantitative estimate of drug-likeness (QED) is 0.0168. The number of aryl methyl sites for hydroxylation is 2. The SMILES string of the molecule is Cc1nn(COCC[Si](C)(C)C)c(C)c1-c1ccc(N)cc1OCOCC[Si](C)(C)C.Cc1nn(COCC[Si](C)(C)C)c(C)c1-c1ccc([N+](=O)[O-])cc1OCOCC[Si](C)(C)C. The van der Waals surface area contributed by atoms with Gasteiger partial charge in [-0.3, -0.25) is 10.1 Å². The van der Waals surface area contributed by atoms with E-state index in [9.17, 15) is 10.1 Å². The van der Waals surface area contributed by atoms with Crippen molar-refractivity contribution >= 4 is 43.7 Å². The van der Waals surface area contributed by atoms with Crippen LogP contribution in [0, 0.1) is 37.8 Å². The second kappa shape index (κ2) is 24.2. The van der Waals surface area contributed by atoms with Crippen LogP contribution < -0.4 is 15.2 Å². The van der Waals surface area contributed by atoms with Gasteiger partial charge in [0.25, 0.3) is 5.69 Å². The lowest BCUT2D eigenvalue weighted by atomic mass is 10.0. The molecule has 0 amide bonds. The maximum absolute atomic E-state index is 11.3. The first-order valence-electron chi connectivity index (χ1n) is 22.5. The van der Waals surface area contributed by atoms with E-state index in [2.05, 4.69) is 90.6 Å². The van der Waals surface area contributed by atoms with Crippen LogP contribution in [-0.4, -0.2) is 96.8 Å². The number of ether oxygens (including phenoxy) is 6. The smallest absolute Gasteiger partial charge is 0.273 e. The van der Waals surface area contributed by atoms with Crippen LogP contribution in [0.15, 0.2) is 36.4 Å². The van der Waals surface area contributed by atoms with Crippen LogP contribution in [-0.2, 0) is 32.4 Å². The first-order valence-corrected chi connectivity index (χ1v) is 37.3. The van der Waals surface area contributed by atoms with Gasteiger partial charge in [-0.05, 0) is 70.1 Å². The van der Waals surface area contributed by atoms with E-state index in [0.717, 1.165) is 88.2 Å². The molecule has 4 rings (SSSR count). The number of nitro groups is 1. The van der Waals surface area contributed by atoms with Gasteiger partial charge in [0.15, 0.2) is 13.6 Å². The van der Waals surface area contributed by atoms with Crippen molar-refractivity contribution in [3.05, 3.63) is 69.3 Å². The van der Waals surface area contributed by atoms with E-state index in [-0.39, 0.29) is 19.3 Å². The predicted octanol–water partition coefficient (Wildman–Crippen LogP) is 11.8. The maximum Gasteiger partial charge on any atom is 0.273 e. The molecule has 2 aromatic carbocycles. The minimum Gasteiger partial charge on any atom is -0.467 e. The molecule has 0 saturated heterocycles. The molecule has 18 heteroatoms. The van der Waals surface area contributed by atoms with E-state index < -0.39 is 37.2 Å². The Bertz CT molecular complexity index is 2100. The molecule has 0 saturated carbocycles. The van der Waals surface area contributed by atoms with E-state index in [1.54, 1.807) is 6.07 Å². The fourth-order valence-electron chi connectivity index (χ4n) is 6.38. The van der Waals surface area contributed by atoms with Crippen molar-refractivity contribution in [2.45, 2.75) is 144 Å². The van der Waals surface area contributed by atoms with Crippen LogP contribution >= 0.6 is 0 Å². The summed E-state index contributed by atoms with van der Waals surface area (Å²) in [5.74, 6) is 1.14. The highest BCUT2D eigenvalue weighted by Gasteiger charge is 2.22. The monoisotopic (exact) mass is 957 g/mol. The Labute approximate surface area is 387 Å². The topological polar surface area (TPSA) is 160 Å². The van der Waals surface area contributed by atoms with Gasteiger partial charge in [-0.2, -0.15) is 10.2 Å². The number of anilines is 1. The molecule has 2 heterocycles. The zero-order valence-corrected chi connectivity index (χ0v) is 46.0. The third-order valence-corrected chi connectivity index (χ3v) is 17.3. The lowest BCUT2D eigenvalue weighted by Gasteiger charge is -2.17. The molecule has 64 heavy (non-hydrogen) atoms. The maximum atomic E-state index is 11.3. The standard InChI is InChI=1S/C23H39N3O5Si2.C23H41N3O3Si2/c1-18-23(19(2)25(24-18)16-29-11-13-32(3,4)5)21-10-9-20(26(27)28)15-22(21)31-17-30-12-14-33(6,7)8;1-18-23(19(2)26(25-18)16-27-11-13-30(3,4)5)21-10-9-20(24)15-22(21)29-17-28-12-14-31(6,7)8/h9-10,15H,11-14,16-17H2,1-8H3;9-10,15H,11-14,16-17,24H2,1-8H3. The molecule has 0 atom stereocenters. The highest BCUT2D eigenvalue weighted by atomic mass is 28.3. The van der Waals surface area contributed by atoms with Gasteiger partial charge >= 0.3 is 0 Å². The van der Waals surface area contributed by atoms with Gasteiger partial charge < -0.3 is 34.2 Å². The zero-order chi connectivity index (χ0) is 48.0. The normalized spacial score (nSPS) is 12.3. The lowest BCUT2D eigenvalue weighted by Crippen LogP contribution is -2.22. The van der Waals surface area contributed by atoms with Crippen LogP contribution in [0.5, 0.6) is 11.5 Å². The number of hydrogen-bond acceptors (Lipinski definition) is 11. The summed E-state index contributed by atoms with van der Waals surface area (Å²) in [7, 11) is -4.58. The van der Waals surface area contributed by atoms with Crippen molar-refractivity contribution in [1.82, 2.24) is 19.6 Å². The van der Waals surface area contributed by atoms with Gasteiger partial charge in [-0.1, -0.05) is 78.6 Å². The number of nitrogen functional groups attached to an aromatic ring is 1. The Morgan fingerprint density at radius 1 is 0.562 bits per heavy atom. The molecule has 0 bridgehead atoms. The second-order valence-corrected chi connectivity index (χ2v) is 43.9. The summed E-state index contributed by atoms with van der Waals surface area (Å²) in [4.78, 5) is 10.9. The fourth-order valence-corrected chi connectivity index (χ4v) is 9.41. The van der Waals surface area contributed by atoms with Crippen molar-refractivity contribution < 1.29 is 33.3 Å². The van der Waals surface area contributed by atoms with Gasteiger partial charge in [0.2, 0.25) is 0 Å². The molecule has 0 unspecified atom stereocenters. The van der Waals surface area contributed by atoms with E-state index in [1.807, 2.05) is 48.3 Å². The highest BCUT2D eigenvalue weighted by molar-refractivity contribution is 6.77. The molecule has 0 fully saturated rings. The number of nitrogens with two attached hydrogens (primary N) is 1. The number of rotatable bonds is 25. The van der Waals surface area contributed by atoms with Crippen LogP contribution in [0.25, 0.3) is 22.3 Å². The summed E-state index contributed by atoms with van der Waals surface area (Å²) >= 11 is 0. The van der Waals surface area contributed by atoms with E-state index in [4.69, 9.17) is 39.3 Å². The minimum absolute atomic E-state index is 0.0202. The predicted molar refractivity (Wildman–Crippen MR) is 273 cm³/mol. The average molecular weight is 958 g/mol. The molecule has 0 aliphatic carbocycles. The molecule has 0 spiro atoms. The largest absolute Gasteiger partial charge is 0.467 e. The number of nitrogens with zero attached hydrogens (tertiary/aromatic N) is 5. The van der Waals surface area contributed by atoms with Crippen molar-refractivity contribution in [3.63, 3.8) is 0 Å².